The Kier molecular flexibility index (Phi) is 4.19. The van der Waals surface area contributed by atoms with Crippen molar-refractivity contribution in [1.82, 2.24) is 0 Å². The Balaban J connectivity index is 4.80. The maximum absolute atomic E-state index is 10.5. The molecule has 0 aromatic carbocycles. The molecule has 0 aliphatic heterocycles. The number of hydrogen-bond donors (Lipinski definition) is 5. The van der Waals surface area contributed by atoms with E-state index in [0.717, 1.165) is 0 Å². The molecule has 0 bridgehead atoms. The number of carboxylic acids is 3. The van der Waals surface area contributed by atoms with E-state index in [0.29, 0.717) is 0 Å². The molecule has 0 rings (SSSR count). The maximum atomic E-state index is 10.5. The molecule has 15 heavy (non-hydrogen) atoms. The molecule has 0 spiro atoms. The zero-order valence-corrected chi connectivity index (χ0v) is 7.45. The zero-order chi connectivity index (χ0) is 12.2. The van der Waals surface area contributed by atoms with E-state index in [-0.39, 0.29) is 0 Å². The molecule has 5 N–H and O–H groups in total. The topological polar surface area (TPSA) is 152 Å². The number of aliphatic hydroxyl groups is 2. The minimum atomic E-state index is -3.09. The third-order valence-electron chi connectivity index (χ3n) is 1.65. The van der Waals surface area contributed by atoms with Crippen molar-refractivity contribution in [1.29, 1.82) is 0 Å². The molecular formula is C7H10O8. The molecule has 0 heterocycles. The molecule has 0 amide bonds. The van der Waals surface area contributed by atoms with E-state index in [1.165, 1.54) is 0 Å². The molecule has 0 fully saturated rings. The van der Waals surface area contributed by atoms with E-state index in [1.807, 2.05) is 0 Å². The number of carboxylic acid groups (broad SMARTS) is 3. The van der Waals surface area contributed by atoms with Crippen LogP contribution in [-0.4, -0.2) is 49.2 Å². The fourth-order valence-electron chi connectivity index (χ4n) is 0.969. The van der Waals surface area contributed by atoms with Gasteiger partial charge in [-0.05, 0) is 0 Å². The van der Waals surface area contributed by atoms with E-state index in [9.17, 15) is 14.4 Å². The lowest BCUT2D eigenvalue weighted by atomic mass is 9.92. The molecule has 0 aliphatic carbocycles. The standard InChI is InChI=1S/C7H10O8/c8-4(9)1-3(6(12)13)7(14,15)2-5(10)11/h3,14-15H,1-2H2,(H,8,9)(H,10,11)(H,12,13). The van der Waals surface area contributed by atoms with Crippen molar-refractivity contribution in [3.8, 4) is 0 Å². The van der Waals surface area contributed by atoms with Gasteiger partial charge in [0.1, 0.15) is 5.92 Å². The van der Waals surface area contributed by atoms with Crippen LogP contribution < -0.4 is 0 Å². The number of aliphatic carboxylic acids is 3. The van der Waals surface area contributed by atoms with Crippen LogP contribution >= 0.6 is 0 Å². The minimum Gasteiger partial charge on any atom is -0.481 e. The molecule has 0 aromatic rings. The first-order valence-electron chi connectivity index (χ1n) is 3.78. The highest BCUT2D eigenvalue weighted by Gasteiger charge is 2.43. The minimum absolute atomic E-state index is 1.07. The molecule has 86 valence electrons. The van der Waals surface area contributed by atoms with Gasteiger partial charge in [0, 0.05) is 0 Å². The lowest BCUT2D eigenvalue weighted by Crippen LogP contribution is -2.45. The molecule has 8 heteroatoms. The highest BCUT2D eigenvalue weighted by atomic mass is 16.5. The SMILES string of the molecule is O=C(O)CC(C(=O)O)C(O)(O)CC(=O)O. The van der Waals surface area contributed by atoms with Gasteiger partial charge in [-0.2, -0.15) is 0 Å². The summed E-state index contributed by atoms with van der Waals surface area (Å²) in [6, 6.07) is 0. The molecule has 0 radical (unpaired) electrons. The summed E-state index contributed by atoms with van der Waals surface area (Å²) in [5.41, 5.74) is 0. The molecule has 0 aliphatic rings. The van der Waals surface area contributed by atoms with E-state index in [4.69, 9.17) is 25.5 Å². The fourth-order valence-corrected chi connectivity index (χ4v) is 0.969. The van der Waals surface area contributed by atoms with Crippen molar-refractivity contribution >= 4 is 17.9 Å². The fraction of sp³-hybridized carbons (Fsp3) is 0.571. The third-order valence-corrected chi connectivity index (χ3v) is 1.65. The molecule has 1 atom stereocenters. The van der Waals surface area contributed by atoms with Gasteiger partial charge in [0.15, 0.2) is 5.79 Å². The highest BCUT2D eigenvalue weighted by Crippen LogP contribution is 2.22. The summed E-state index contributed by atoms with van der Waals surface area (Å²) in [6.45, 7) is 0. The van der Waals surface area contributed by atoms with Crippen molar-refractivity contribution in [3.63, 3.8) is 0 Å². The van der Waals surface area contributed by atoms with Crippen LogP contribution in [0.1, 0.15) is 12.8 Å². The van der Waals surface area contributed by atoms with Gasteiger partial charge in [-0.15, -0.1) is 0 Å². The Bertz CT molecular complexity index is 281. The van der Waals surface area contributed by atoms with Crippen LogP contribution in [0.4, 0.5) is 0 Å². The van der Waals surface area contributed by atoms with Crippen molar-refractivity contribution < 1.29 is 39.9 Å². The number of carbonyl (C=O) groups is 3. The average molecular weight is 222 g/mol. The predicted octanol–water partition coefficient (Wildman–Crippen LogP) is -1.68. The summed E-state index contributed by atoms with van der Waals surface area (Å²) in [5, 5.41) is 43.2. The van der Waals surface area contributed by atoms with Gasteiger partial charge < -0.3 is 25.5 Å². The van der Waals surface area contributed by atoms with Gasteiger partial charge in [0.25, 0.3) is 0 Å². The van der Waals surface area contributed by atoms with E-state index in [2.05, 4.69) is 0 Å². The monoisotopic (exact) mass is 222 g/mol. The van der Waals surface area contributed by atoms with Crippen LogP contribution in [0.25, 0.3) is 0 Å². The van der Waals surface area contributed by atoms with Gasteiger partial charge >= 0.3 is 17.9 Å². The van der Waals surface area contributed by atoms with Gasteiger partial charge in [-0.3, -0.25) is 14.4 Å². The number of rotatable bonds is 6. The Morgan fingerprint density at radius 1 is 1.00 bits per heavy atom. The summed E-state index contributed by atoms with van der Waals surface area (Å²) in [4.78, 5) is 30.9. The Morgan fingerprint density at radius 2 is 1.47 bits per heavy atom. The lowest BCUT2D eigenvalue weighted by molar-refractivity contribution is -0.218. The van der Waals surface area contributed by atoms with Crippen LogP contribution in [0.2, 0.25) is 0 Å². The largest absolute Gasteiger partial charge is 0.481 e. The third kappa shape index (κ3) is 4.38. The summed E-state index contributed by atoms with van der Waals surface area (Å²) in [6.07, 6.45) is -2.34. The van der Waals surface area contributed by atoms with Crippen molar-refractivity contribution in [3.05, 3.63) is 0 Å². The molecule has 0 saturated heterocycles. The summed E-state index contributed by atoms with van der Waals surface area (Å²) < 4.78 is 0. The van der Waals surface area contributed by atoms with Crippen molar-refractivity contribution in [2.75, 3.05) is 0 Å². The average Bonchev–Trinajstić information content (AvgIpc) is 1.96. The summed E-state index contributed by atoms with van der Waals surface area (Å²) in [5.74, 6) is -10.2. The zero-order valence-electron chi connectivity index (χ0n) is 7.45. The van der Waals surface area contributed by atoms with Crippen LogP contribution in [-0.2, 0) is 14.4 Å². The summed E-state index contributed by atoms with van der Waals surface area (Å²) in [7, 11) is 0. The first kappa shape index (κ1) is 13.3. The first-order chi connectivity index (χ1) is 6.66. The van der Waals surface area contributed by atoms with Gasteiger partial charge in [0.05, 0.1) is 12.8 Å². The first-order valence-corrected chi connectivity index (χ1v) is 3.78. The Labute approximate surface area is 83.4 Å². The van der Waals surface area contributed by atoms with Crippen LogP contribution in [0, 0.1) is 5.92 Å². The highest BCUT2D eigenvalue weighted by molar-refractivity contribution is 5.79. The van der Waals surface area contributed by atoms with Crippen LogP contribution in [0.15, 0.2) is 0 Å². The lowest BCUT2D eigenvalue weighted by Gasteiger charge is -2.25. The normalized spacial score (nSPS) is 13.2. The quantitative estimate of drug-likeness (QED) is 0.334. The van der Waals surface area contributed by atoms with Crippen molar-refractivity contribution in [2.24, 2.45) is 5.92 Å². The smallest absolute Gasteiger partial charge is 0.312 e. The molecule has 8 nitrogen and oxygen atoms in total. The van der Waals surface area contributed by atoms with E-state index >= 15 is 0 Å². The summed E-state index contributed by atoms with van der Waals surface area (Å²) >= 11 is 0. The molecule has 1 unspecified atom stereocenters. The number of hydrogen-bond acceptors (Lipinski definition) is 5. The molecular weight excluding hydrogens is 212 g/mol. The second-order valence-corrected chi connectivity index (χ2v) is 2.94. The Hall–Kier alpha value is -1.67. The molecule has 0 aromatic heterocycles. The van der Waals surface area contributed by atoms with Crippen molar-refractivity contribution in [2.45, 2.75) is 18.6 Å². The van der Waals surface area contributed by atoms with Gasteiger partial charge in [-0.25, -0.2) is 0 Å². The van der Waals surface area contributed by atoms with Crippen LogP contribution in [0.3, 0.4) is 0 Å². The van der Waals surface area contributed by atoms with Gasteiger partial charge in [-0.1, -0.05) is 0 Å². The second kappa shape index (κ2) is 4.71. The van der Waals surface area contributed by atoms with E-state index in [1.54, 1.807) is 0 Å². The maximum Gasteiger partial charge on any atom is 0.312 e. The van der Waals surface area contributed by atoms with Crippen LogP contribution in [0.5, 0.6) is 0 Å². The second-order valence-electron chi connectivity index (χ2n) is 2.94. The Morgan fingerprint density at radius 3 is 1.73 bits per heavy atom. The predicted molar refractivity (Wildman–Crippen MR) is 42.8 cm³/mol. The van der Waals surface area contributed by atoms with Gasteiger partial charge in [0.2, 0.25) is 0 Å². The van der Waals surface area contributed by atoms with E-state index < -0.39 is 42.5 Å². The molecule has 0 saturated carbocycles.